The second-order valence-corrected chi connectivity index (χ2v) is 8.20. The molecule has 1 unspecified atom stereocenters. The van der Waals surface area contributed by atoms with Gasteiger partial charge in [0.1, 0.15) is 0 Å². The van der Waals surface area contributed by atoms with Gasteiger partial charge in [-0.25, -0.2) is 0 Å². The molecule has 0 amide bonds. The molecule has 0 saturated heterocycles. The van der Waals surface area contributed by atoms with Gasteiger partial charge in [0.2, 0.25) is 0 Å². The van der Waals surface area contributed by atoms with Crippen LogP contribution < -0.4 is 5.32 Å². The topological polar surface area (TPSA) is 21.3 Å². The summed E-state index contributed by atoms with van der Waals surface area (Å²) in [5.41, 5.74) is 0.613. The minimum atomic E-state index is 0.106. The van der Waals surface area contributed by atoms with Crippen molar-refractivity contribution < 1.29 is 4.74 Å². The molecule has 1 N–H and O–H groups in total. The number of hydrogen-bond donors (Lipinski definition) is 1. The summed E-state index contributed by atoms with van der Waals surface area (Å²) in [5, 5.41) is 3.87. The number of hydrogen-bond acceptors (Lipinski definition) is 2. The van der Waals surface area contributed by atoms with Crippen LogP contribution in [0.5, 0.6) is 0 Å². The van der Waals surface area contributed by atoms with Crippen LogP contribution in [0.2, 0.25) is 0 Å². The molecule has 2 heteroatoms. The lowest BCUT2D eigenvalue weighted by atomic mass is 9.66. The predicted octanol–water partition coefficient (Wildman–Crippen LogP) is 4.92. The average Bonchev–Trinajstić information content (AvgIpc) is 2.40. The number of rotatable bonds is 8. The zero-order chi connectivity index (χ0) is 15.3. The van der Waals surface area contributed by atoms with Gasteiger partial charge in [-0.15, -0.1) is 0 Å². The number of nitrogens with one attached hydrogen (secondary N) is 1. The molecule has 2 fully saturated rings. The van der Waals surface area contributed by atoms with E-state index in [4.69, 9.17) is 4.74 Å². The highest BCUT2D eigenvalue weighted by Crippen LogP contribution is 2.45. The quantitative estimate of drug-likeness (QED) is 0.686. The van der Waals surface area contributed by atoms with Crippen molar-refractivity contribution in [1.82, 2.24) is 5.32 Å². The summed E-state index contributed by atoms with van der Waals surface area (Å²) in [4.78, 5) is 0. The van der Waals surface area contributed by atoms with Gasteiger partial charge in [0.25, 0.3) is 0 Å². The fourth-order valence-electron chi connectivity index (χ4n) is 4.10. The number of ether oxygens (including phenoxy) is 1. The molecule has 21 heavy (non-hydrogen) atoms. The molecule has 0 aromatic heterocycles. The van der Waals surface area contributed by atoms with Gasteiger partial charge >= 0.3 is 0 Å². The third-order valence-corrected chi connectivity index (χ3v) is 5.95. The van der Waals surface area contributed by atoms with Gasteiger partial charge in [-0.05, 0) is 63.3 Å². The Balaban J connectivity index is 2.06. The van der Waals surface area contributed by atoms with Gasteiger partial charge < -0.3 is 10.1 Å². The maximum Gasteiger partial charge on any atom is 0.0835 e. The second kappa shape index (κ2) is 7.46. The summed E-state index contributed by atoms with van der Waals surface area (Å²) in [6.07, 6.45) is 12.0. The Morgan fingerprint density at radius 3 is 2.24 bits per heavy atom. The second-order valence-electron chi connectivity index (χ2n) is 8.20. The zero-order valence-corrected chi connectivity index (χ0v) is 14.8. The first-order chi connectivity index (χ1) is 10.0. The first kappa shape index (κ1) is 17.3. The van der Waals surface area contributed by atoms with Crippen LogP contribution in [-0.2, 0) is 4.74 Å². The van der Waals surface area contributed by atoms with Gasteiger partial charge in [0.05, 0.1) is 5.60 Å². The Morgan fingerprint density at radius 2 is 1.76 bits per heavy atom. The van der Waals surface area contributed by atoms with Gasteiger partial charge in [0, 0.05) is 12.6 Å². The largest absolute Gasteiger partial charge is 0.374 e. The van der Waals surface area contributed by atoms with Crippen LogP contribution in [0.25, 0.3) is 0 Å². The maximum absolute atomic E-state index is 6.43. The molecular formula is C19H37NO. The van der Waals surface area contributed by atoms with Crippen LogP contribution in [0, 0.1) is 11.3 Å². The van der Waals surface area contributed by atoms with Gasteiger partial charge in [-0.3, -0.25) is 0 Å². The van der Waals surface area contributed by atoms with E-state index in [0.717, 1.165) is 19.1 Å². The summed E-state index contributed by atoms with van der Waals surface area (Å²) in [7, 11) is 0. The van der Waals surface area contributed by atoms with E-state index in [0.29, 0.717) is 11.5 Å². The monoisotopic (exact) mass is 295 g/mol. The van der Waals surface area contributed by atoms with Gasteiger partial charge in [-0.2, -0.15) is 0 Å². The molecule has 0 heterocycles. The zero-order valence-electron chi connectivity index (χ0n) is 14.8. The van der Waals surface area contributed by atoms with E-state index >= 15 is 0 Å². The Morgan fingerprint density at radius 1 is 1.10 bits per heavy atom. The van der Waals surface area contributed by atoms with Crippen LogP contribution in [0.15, 0.2) is 0 Å². The normalized spacial score (nSPS) is 26.3. The standard InChI is InChI=1S/C19H37NO/c1-5-14-20-17(15-16-8-7-9-16)19(21-6-2)12-10-18(3,4)11-13-19/h16-17,20H,5-15H2,1-4H3. The van der Waals surface area contributed by atoms with Crippen LogP contribution in [-0.4, -0.2) is 24.8 Å². The van der Waals surface area contributed by atoms with Gasteiger partial charge in [-0.1, -0.05) is 40.0 Å². The van der Waals surface area contributed by atoms with Crippen molar-refractivity contribution in [2.75, 3.05) is 13.2 Å². The average molecular weight is 296 g/mol. The Kier molecular flexibility index (Phi) is 6.14. The first-order valence-electron chi connectivity index (χ1n) is 9.39. The van der Waals surface area contributed by atoms with Crippen LogP contribution in [0.4, 0.5) is 0 Å². The third kappa shape index (κ3) is 4.45. The highest BCUT2D eigenvalue weighted by atomic mass is 16.5. The van der Waals surface area contributed by atoms with E-state index in [1.807, 2.05) is 0 Å². The van der Waals surface area contributed by atoms with E-state index in [1.165, 1.54) is 57.8 Å². The van der Waals surface area contributed by atoms with Gasteiger partial charge in [0.15, 0.2) is 0 Å². The van der Waals surface area contributed by atoms with Crippen molar-refractivity contribution in [3.8, 4) is 0 Å². The van der Waals surface area contributed by atoms with E-state index in [-0.39, 0.29) is 5.60 Å². The van der Waals surface area contributed by atoms with Crippen molar-refractivity contribution in [2.24, 2.45) is 11.3 Å². The Hall–Kier alpha value is -0.0800. The molecule has 2 aliphatic rings. The van der Waals surface area contributed by atoms with E-state index in [2.05, 4.69) is 33.0 Å². The van der Waals surface area contributed by atoms with E-state index in [9.17, 15) is 0 Å². The molecule has 2 saturated carbocycles. The SMILES string of the molecule is CCCNC(CC1CCC1)C1(OCC)CCC(C)(C)CC1. The van der Waals surface area contributed by atoms with Crippen LogP contribution in [0.1, 0.15) is 85.5 Å². The Bertz CT molecular complexity index is 299. The van der Waals surface area contributed by atoms with Crippen molar-refractivity contribution in [3.63, 3.8) is 0 Å². The predicted molar refractivity (Wildman–Crippen MR) is 90.6 cm³/mol. The summed E-state index contributed by atoms with van der Waals surface area (Å²) >= 11 is 0. The molecule has 0 aliphatic heterocycles. The fourth-order valence-corrected chi connectivity index (χ4v) is 4.10. The third-order valence-electron chi connectivity index (χ3n) is 5.95. The molecule has 124 valence electrons. The van der Waals surface area contributed by atoms with Crippen molar-refractivity contribution in [3.05, 3.63) is 0 Å². The molecule has 0 bridgehead atoms. The Labute approximate surface area is 132 Å². The smallest absolute Gasteiger partial charge is 0.0835 e. The van der Waals surface area contributed by atoms with Crippen molar-refractivity contribution in [1.29, 1.82) is 0 Å². The minimum Gasteiger partial charge on any atom is -0.374 e. The van der Waals surface area contributed by atoms with Crippen molar-refractivity contribution >= 4 is 0 Å². The van der Waals surface area contributed by atoms with Crippen LogP contribution >= 0.6 is 0 Å². The summed E-state index contributed by atoms with van der Waals surface area (Å²) in [5.74, 6) is 0.951. The molecule has 0 spiro atoms. The molecular weight excluding hydrogens is 258 g/mol. The lowest BCUT2D eigenvalue weighted by Gasteiger charge is -2.49. The molecule has 2 aliphatic carbocycles. The lowest BCUT2D eigenvalue weighted by Crippen LogP contribution is -2.56. The van der Waals surface area contributed by atoms with E-state index < -0.39 is 0 Å². The molecule has 0 aromatic carbocycles. The summed E-state index contributed by atoms with van der Waals surface area (Å²) in [6.45, 7) is 11.3. The lowest BCUT2D eigenvalue weighted by molar-refractivity contribution is -0.111. The van der Waals surface area contributed by atoms with Crippen molar-refractivity contribution in [2.45, 2.75) is 97.1 Å². The van der Waals surface area contributed by atoms with Crippen LogP contribution in [0.3, 0.4) is 0 Å². The fraction of sp³-hybridized carbons (Fsp3) is 1.00. The highest BCUT2D eigenvalue weighted by molar-refractivity contribution is 5.00. The highest BCUT2D eigenvalue weighted by Gasteiger charge is 2.45. The molecule has 0 radical (unpaired) electrons. The first-order valence-corrected chi connectivity index (χ1v) is 9.39. The molecule has 0 aromatic rings. The summed E-state index contributed by atoms with van der Waals surface area (Å²) < 4.78 is 6.43. The van der Waals surface area contributed by atoms with E-state index in [1.54, 1.807) is 0 Å². The molecule has 2 rings (SSSR count). The minimum absolute atomic E-state index is 0.106. The molecule has 2 nitrogen and oxygen atoms in total. The summed E-state index contributed by atoms with van der Waals surface area (Å²) in [6, 6.07) is 0.568. The molecule has 1 atom stereocenters. The maximum atomic E-state index is 6.43.